The minimum Gasteiger partial charge on any atom is -0.468 e. The summed E-state index contributed by atoms with van der Waals surface area (Å²) >= 11 is 0. The Morgan fingerprint density at radius 3 is 2.81 bits per heavy atom. The summed E-state index contributed by atoms with van der Waals surface area (Å²) in [7, 11) is 1.29. The van der Waals surface area contributed by atoms with Gasteiger partial charge in [-0.1, -0.05) is 0 Å². The van der Waals surface area contributed by atoms with Crippen LogP contribution in [-0.4, -0.2) is 23.0 Å². The maximum Gasteiger partial charge on any atom is 0.316 e. The first-order chi connectivity index (χ1) is 7.62. The maximum atomic E-state index is 11.6. The van der Waals surface area contributed by atoms with Crippen LogP contribution in [0.3, 0.4) is 0 Å². The van der Waals surface area contributed by atoms with Crippen LogP contribution in [0.5, 0.6) is 0 Å². The van der Waals surface area contributed by atoms with Crippen molar-refractivity contribution in [1.29, 1.82) is 0 Å². The molecule has 1 aromatic rings. The molecular weight excluding hydrogens is 212 g/mol. The predicted octanol–water partition coefficient (Wildman–Crippen LogP) is 1.19. The van der Waals surface area contributed by atoms with Crippen molar-refractivity contribution in [1.82, 2.24) is 4.98 Å². The molecule has 0 N–H and O–H groups in total. The molecule has 1 aliphatic carbocycles. The average Bonchev–Trinajstić information content (AvgIpc) is 3.09. The number of aromatic nitrogens is 1. The van der Waals surface area contributed by atoms with Crippen LogP contribution >= 0.6 is 0 Å². The molecule has 2 rings (SSSR count). The van der Waals surface area contributed by atoms with Crippen LogP contribution in [0.1, 0.15) is 18.4 Å². The summed E-state index contributed by atoms with van der Waals surface area (Å²) in [6.07, 6.45) is 3.79. The molecule has 0 saturated heterocycles. The van der Waals surface area contributed by atoms with E-state index >= 15 is 0 Å². The normalized spacial score (nSPS) is 16.6. The lowest BCUT2D eigenvalue weighted by molar-refractivity contribution is -0.386. The SMILES string of the molecule is COC(=O)C1(c2ccncc2[N+](=O)[O-])CC1. The van der Waals surface area contributed by atoms with Gasteiger partial charge in [-0.3, -0.25) is 19.9 Å². The summed E-state index contributed by atoms with van der Waals surface area (Å²) in [5, 5.41) is 10.8. The summed E-state index contributed by atoms with van der Waals surface area (Å²) in [6.45, 7) is 0. The monoisotopic (exact) mass is 222 g/mol. The molecule has 1 fully saturated rings. The number of carbonyl (C=O) groups excluding carboxylic acids is 1. The van der Waals surface area contributed by atoms with Gasteiger partial charge in [0.15, 0.2) is 0 Å². The third-order valence-corrected chi connectivity index (χ3v) is 2.84. The van der Waals surface area contributed by atoms with Crippen LogP contribution in [-0.2, 0) is 14.9 Å². The van der Waals surface area contributed by atoms with Crippen LogP contribution < -0.4 is 0 Å². The molecule has 0 unspecified atom stereocenters. The van der Waals surface area contributed by atoms with E-state index in [9.17, 15) is 14.9 Å². The molecule has 6 nitrogen and oxygen atoms in total. The molecule has 0 aliphatic heterocycles. The second-order valence-electron chi connectivity index (χ2n) is 3.72. The van der Waals surface area contributed by atoms with Gasteiger partial charge in [-0.25, -0.2) is 0 Å². The lowest BCUT2D eigenvalue weighted by Crippen LogP contribution is -2.23. The molecule has 0 bridgehead atoms. The molecule has 0 aromatic carbocycles. The highest BCUT2D eigenvalue weighted by atomic mass is 16.6. The molecule has 6 heteroatoms. The highest BCUT2D eigenvalue weighted by Gasteiger charge is 2.55. The van der Waals surface area contributed by atoms with Crippen molar-refractivity contribution in [2.75, 3.05) is 7.11 Å². The number of hydrogen-bond acceptors (Lipinski definition) is 5. The predicted molar refractivity (Wildman–Crippen MR) is 53.8 cm³/mol. The standard InChI is InChI=1S/C10H10N2O4/c1-16-9(13)10(3-4-10)7-2-5-11-6-8(7)12(14)15/h2,5-6H,3-4H2,1H3. The second-order valence-corrected chi connectivity index (χ2v) is 3.72. The molecule has 1 aliphatic rings. The van der Waals surface area contributed by atoms with Gasteiger partial charge in [0.1, 0.15) is 6.20 Å². The summed E-state index contributed by atoms with van der Waals surface area (Å²) in [5.41, 5.74) is -0.537. The Hall–Kier alpha value is -1.98. The third-order valence-electron chi connectivity index (χ3n) is 2.84. The number of rotatable bonds is 3. The Kier molecular flexibility index (Phi) is 2.34. The molecule has 0 atom stereocenters. The van der Waals surface area contributed by atoms with E-state index in [1.54, 1.807) is 0 Å². The quantitative estimate of drug-likeness (QED) is 0.436. The fourth-order valence-electron chi connectivity index (χ4n) is 1.84. The van der Waals surface area contributed by atoms with Gasteiger partial charge in [-0.2, -0.15) is 0 Å². The van der Waals surface area contributed by atoms with Gasteiger partial charge in [-0.05, 0) is 18.9 Å². The van der Waals surface area contributed by atoms with E-state index in [1.165, 1.54) is 25.6 Å². The van der Waals surface area contributed by atoms with Crippen molar-refractivity contribution < 1.29 is 14.5 Å². The van der Waals surface area contributed by atoms with Crippen molar-refractivity contribution in [3.63, 3.8) is 0 Å². The smallest absolute Gasteiger partial charge is 0.316 e. The summed E-state index contributed by atoms with van der Waals surface area (Å²) in [5.74, 6) is -0.415. The third kappa shape index (κ3) is 1.42. The Labute approximate surface area is 91.4 Å². The lowest BCUT2D eigenvalue weighted by Gasteiger charge is -2.12. The van der Waals surface area contributed by atoms with Crippen molar-refractivity contribution in [2.24, 2.45) is 0 Å². The van der Waals surface area contributed by atoms with Gasteiger partial charge in [0, 0.05) is 6.20 Å². The number of carbonyl (C=O) groups is 1. The molecular formula is C10H10N2O4. The van der Waals surface area contributed by atoms with Gasteiger partial charge in [-0.15, -0.1) is 0 Å². The highest BCUT2D eigenvalue weighted by Crippen LogP contribution is 2.51. The molecule has 0 spiro atoms. The van der Waals surface area contributed by atoms with E-state index in [-0.39, 0.29) is 5.69 Å². The maximum absolute atomic E-state index is 11.6. The van der Waals surface area contributed by atoms with Crippen LogP contribution in [0.2, 0.25) is 0 Å². The van der Waals surface area contributed by atoms with Gasteiger partial charge in [0.2, 0.25) is 0 Å². The number of nitro groups is 1. The minimum atomic E-state index is -0.819. The molecule has 0 radical (unpaired) electrons. The molecule has 1 heterocycles. The van der Waals surface area contributed by atoms with E-state index in [2.05, 4.69) is 9.72 Å². The Morgan fingerprint density at radius 2 is 2.31 bits per heavy atom. The number of hydrogen-bond donors (Lipinski definition) is 0. The first-order valence-electron chi connectivity index (χ1n) is 4.79. The van der Waals surface area contributed by atoms with Crippen LogP contribution in [0, 0.1) is 10.1 Å². The topological polar surface area (TPSA) is 82.3 Å². The van der Waals surface area contributed by atoms with Gasteiger partial charge >= 0.3 is 5.97 Å². The zero-order valence-electron chi connectivity index (χ0n) is 8.67. The molecule has 1 aromatic heterocycles. The molecule has 16 heavy (non-hydrogen) atoms. The molecule has 84 valence electrons. The zero-order chi connectivity index (χ0) is 11.8. The number of esters is 1. The highest BCUT2D eigenvalue weighted by molar-refractivity contribution is 5.87. The Balaban J connectivity index is 2.48. The van der Waals surface area contributed by atoms with E-state index < -0.39 is 16.3 Å². The first kappa shape index (κ1) is 10.5. The Bertz CT molecular complexity index is 454. The lowest BCUT2D eigenvalue weighted by atomic mass is 9.96. The summed E-state index contributed by atoms with van der Waals surface area (Å²) < 4.78 is 4.68. The van der Waals surface area contributed by atoms with E-state index in [4.69, 9.17) is 0 Å². The number of pyridine rings is 1. The fourth-order valence-corrected chi connectivity index (χ4v) is 1.84. The van der Waals surface area contributed by atoms with Crippen molar-refractivity contribution in [3.05, 3.63) is 34.1 Å². The largest absolute Gasteiger partial charge is 0.468 e. The van der Waals surface area contributed by atoms with Crippen LogP contribution in [0.15, 0.2) is 18.5 Å². The average molecular weight is 222 g/mol. The van der Waals surface area contributed by atoms with E-state index in [0.29, 0.717) is 18.4 Å². The number of nitrogens with zero attached hydrogens (tertiary/aromatic N) is 2. The minimum absolute atomic E-state index is 0.120. The van der Waals surface area contributed by atoms with Gasteiger partial charge < -0.3 is 4.74 Å². The Morgan fingerprint density at radius 1 is 1.62 bits per heavy atom. The first-order valence-corrected chi connectivity index (χ1v) is 4.79. The zero-order valence-corrected chi connectivity index (χ0v) is 8.67. The van der Waals surface area contributed by atoms with Gasteiger partial charge in [0.25, 0.3) is 5.69 Å². The van der Waals surface area contributed by atoms with Crippen LogP contribution in [0.4, 0.5) is 5.69 Å². The summed E-state index contributed by atoms with van der Waals surface area (Å²) in [6, 6.07) is 1.52. The van der Waals surface area contributed by atoms with Crippen molar-refractivity contribution >= 4 is 11.7 Å². The van der Waals surface area contributed by atoms with Crippen LogP contribution in [0.25, 0.3) is 0 Å². The van der Waals surface area contributed by atoms with Gasteiger partial charge in [0.05, 0.1) is 23.0 Å². The van der Waals surface area contributed by atoms with Crippen molar-refractivity contribution in [3.8, 4) is 0 Å². The molecule has 1 saturated carbocycles. The summed E-state index contributed by atoms with van der Waals surface area (Å²) in [4.78, 5) is 25.6. The number of ether oxygens (including phenoxy) is 1. The molecule has 0 amide bonds. The number of methoxy groups -OCH3 is 1. The van der Waals surface area contributed by atoms with E-state index in [0.717, 1.165) is 0 Å². The second kappa shape index (κ2) is 3.55. The van der Waals surface area contributed by atoms with E-state index in [1.807, 2.05) is 0 Å². The fraction of sp³-hybridized carbons (Fsp3) is 0.400. The van der Waals surface area contributed by atoms with Crippen molar-refractivity contribution in [2.45, 2.75) is 18.3 Å².